The normalized spacial score (nSPS) is 10.3. The highest BCUT2D eigenvalue weighted by atomic mass is 16.5. The van der Waals surface area contributed by atoms with E-state index in [2.05, 4.69) is 16.8 Å². The van der Waals surface area contributed by atoms with Gasteiger partial charge in [0.1, 0.15) is 0 Å². The summed E-state index contributed by atoms with van der Waals surface area (Å²) in [5.41, 5.74) is 0. The van der Waals surface area contributed by atoms with E-state index in [1.165, 1.54) is 0 Å². The summed E-state index contributed by atoms with van der Waals surface area (Å²) in [6.45, 7) is 6.36. The fraction of sp³-hybridized carbons (Fsp3) is 0.615. The lowest BCUT2D eigenvalue weighted by atomic mass is 10.3. The van der Waals surface area contributed by atoms with Crippen molar-refractivity contribution in [2.75, 3.05) is 31.2 Å². The van der Waals surface area contributed by atoms with Crippen LogP contribution in [0.1, 0.15) is 26.7 Å². The van der Waals surface area contributed by atoms with Crippen molar-refractivity contribution in [3.8, 4) is 5.75 Å². The first-order valence-corrected chi connectivity index (χ1v) is 6.27. The largest absolute Gasteiger partial charge is 0.490 e. The molecule has 0 saturated carbocycles. The molecule has 0 saturated heterocycles. The molecule has 1 rings (SSSR count). The predicted molar refractivity (Wildman–Crippen MR) is 69.6 cm³/mol. The summed E-state index contributed by atoms with van der Waals surface area (Å²) in [7, 11) is 0. The monoisotopic (exact) mass is 238 g/mol. The van der Waals surface area contributed by atoms with E-state index >= 15 is 0 Å². The Morgan fingerprint density at radius 2 is 2.18 bits per heavy atom. The molecule has 0 aliphatic rings. The second-order valence-electron chi connectivity index (χ2n) is 3.82. The first-order valence-electron chi connectivity index (χ1n) is 6.27. The minimum atomic E-state index is 0.131. The summed E-state index contributed by atoms with van der Waals surface area (Å²) in [4.78, 5) is 6.44. The Labute approximate surface area is 103 Å². The van der Waals surface area contributed by atoms with E-state index in [1.807, 2.05) is 19.1 Å². The molecule has 1 heterocycles. The third kappa shape index (κ3) is 4.23. The van der Waals surface area contributed by atoms with E-state index in [9.17, 15) is 0 Å². The Morgan fingerprint density at radius 3 is 2.82 bits per heavy atom. The summed E-state index contributed by atoms with van der Waals surface area (Å²) in [6.07, 6.45) is 3.97. The predicted octanol–water partition coefficient (Wildman–Crippen LogP) is 2.08. The van der Waals surface area contributed by atoms with Gasteiger partial charge in [0.25, 0.3) is 0 Å². The van der Waals surface area contributed by atoms with Crippen LogP contribution in [-0.2, 0) is 0 Å². The number of hydrogen-bond donors (Lipinski definition) is 1. The molecule has 0 aliphatic carbocycles. The summed E-state index contributed by atoms with van der Waals surface area (Å²) in [6, 6.07) is 3.79. The topological polar surface area (TPSA) is 45.6 Å². The highest BCUT2D eigenvalue weighted by Gasteiger charge is 2.12. The van der Waals surface area contributed by atoms with Crippen LogP contribution in [0.4, 0.5) is 5.82 Å². The quantitative estimate of drug-likeness (QED) is 0.753. The number of ether oxygens (including phenoxy) is 1. The van der Waals surface area contributed by atoms with Gasteiger partial charge in [-0.25, -0.2) is 4.98 Å². The maximum absolute atomic E-state index is 9.11. The Morgan fingerprint density at radius 1 is 1.35 bits per heavy atom. The fourth-order valence-electron chi connectivity index (χ4n) is 1.68. The third-order valence-corrected chi connectivity index (χ3v) is 2.50. The summed E-state index contributed by atoms with van der Waals surface area (Å²) < 4.78 is 5.56. The first-order chi connectivity index (χ1) is 8.33. The lowest BCUT2D eigenvalue weighted by Gasteiger charge is -2.24. The molecule has 0 amide bonds. The van der Waals surface area contributed by atoms with Gasteiger partial charge in [0.05, 0.1) is 13.2 Å². The number of unbranched alkanes of at least 4 members (excludes halogenated alkanes) is 1. The van der Waals surface area contributed by atoms with Crippen LogP contribution in [-0.4, -0.2) is 36.4 Å². The molecule has 0 atom stereocenters. The van der Waals surface area contributed by atoms with E-state index in [0.717, 1.165) is 31.0 Å². The lowest BCUT2D eigenvalue weighted by Crippen LogP contribution is -2.29. The zero-order chi connectivity index (χ0) is 12.5. The van der Waals surface area contributed by atoms with Gasteiger partial charge in [-0.2, -0.15) is 0 Å². The minimum Gasteiger partial charge on any atom is -0.490 e. The van der Waals surface area contributed by atoms with Crippen LogP contribution in [0, 0.1) is 0 Å². The van der Waals surface area contributed by atoms with Crippen LogP contribution in [0.25, 0.3) is 0 Å². The first kappa shape index (κ1) is 13.8. The number of aliphatic hydroxyl groups excluding tert-OH is 1. The second kappa shape index (κ2) is 7.90. The maximum Gasteiger partial charge on any atom is 0.171 e. The van der Waals surface area contributed by atoms with Crippen molar-refractivity contribution in [2.45, 2.75) is 26.7 Å². The van der Waals surface area contributed by atoms with Crippen molar-refractivity contribution in [1.82, 2.24) is 4.98 Å². The second-order valence-corrected chi connectivity index (χ2v) is 3.82. The summed E-state index contributed by atoms with van der Waals surface area (Å²) in [5.74, 6) is 1.62. The number of anilines is 1. The molecule has 0 aromatic carbocycles. The molecule has 4 heteroatoms. The Balaban J connectivity index is 2.83. The number of aromatic nitrogens is 1. The van der Waals surface area contributed by atoms with Gasteiger partial charge in [-0.15, -0.1) is 0 Å². The van der Waals surface area contributed by atoms with E-state index in [4.69, 9.17) is 9.84 Å². The van der Waals surface area contributed by atoms with Crippen molar-refractivity contribution >= 4 is 5.82 Å². The van der Waals surface area contributed by atoms with Gasteiger partial charge in [0, 0.05) is 19.3 Å². The number of nitrogens with zero attached hydrogens (tertiary/aromatic N) is 2. The van der Waals surface area contributed by atoms with Crippen LogP contribution in [0.5, 0.6) is 5.75 Å². The molecule has 0 bridgehead atoms. The molecule has 96 valence electrons. The highest BCUT2D eigenvalue weighted by Crippen LogP contribution is 2.25. The third-order valence-electron chi connectivity index (χ3n) is 2.50. The summed E-state index contributed by atoms with van der Waals surface area (Å²) >= 11 is 0. The SMILES string of the molecule is CCCCN(CCO)c1ncccc1OCC. The summed E-state index contributed by atoms with van der Waals surface area (Å²) in [5, 5.41) is 9.11. The van der Waals surface area contributed by atoms with E-state index in [0.29, 0.717) is 13.2 Å². The van der Waals surface area contributed by atoms with Crippen molar-refractivity contribution in [2.24, 2.45) is 0 Å². The molecule has 1 aromatic heterocycles. The van der Waals surface area contributed by atoms with Crippen molar-refractivity contribution < 1.29 is 9.84 Å². The van der Waals surface area contributed by atoms with Gasteiger partial charge in [-0.3, -0.25) is 0 Å². The van der Waals surface area contributed by atoms with Crippen molar-refractivity contribution in [3.63, 3.8) is 0 Å². The molecule has 1 aromatic rings. The maximum atomic E-state index is 9.11. The average Bonchev–Trinajstić information content (AvgIpc) is 2.36. The number of pyridine rings is 1. The molecular formula is C13H22N2O2. The molecule has 0 radical (unpaired) electrons. The molecule has 4 nitrogen and oxygen atoms in total. The van der Waals surface area contributed by atoms with Crippen LogP contribution >= 0.6 is 0 Å². The fourth-order valence-corrected chi connectivity index (χ4v) is 1.68. The molecule has 0 spiro atoms. The van der Waals surface area contributed by atoms with Gasteiger partial charge in [-0.1, -0.05) is 13.3 Å². The van der Waals surface area contributed by atoms with Crippen LogP contribution in [0.15, 0.2) is 18.3 Å². The molecule has 1 N–H and O–H groups in total. The number of hydrogen-bond acceptors (Lipinski definition) is 4. The van der Waals surface area contributed by atoms with Crippen LogP contribution < -0.4 is 9.64 Å². The number of rotatable bonds is 8. The van der Waals surface area contributed by atoms with E-state index < -0.39 is 0 Å². The molecule has 0 unspecified atom stereocenters. The van der Waals surface area contributed by atoms with Crippen molar-refractivity contribution in [3.05, 3.63) is 18.3 Å². The molecule has 0 aliphatic heterocycles. The van der Waals surface area contributed by atoms with Crippen LogP contribution in [0.3, 0.4) is 0 Å². The van der Waals surface area contributed by atoms with E-state index in [-0.39, 0.29) is 6.61 Å². The van der Waals surface area contributed by atoms with Crippen molar-refractivity contribution in [1.29, 1.82) is 0 Å². The number of aliphatic hydroxyl groups is 1. The molecule has 0 fully saturated rings. The van der Waals surface area contributed by atoms with Gasteiger partial charge in [0.2, 0.25) is 0 Å². The van der Waals surface area contributed by atoms with Gasteiger partial charge in [0.15, 0.2) is 11.6 Å². The van der Waals surface area contributed by atoms with Gasteiger partial charge in [-0.05, 0) is 25.5 Å². The zero-order valence-electron chi connectivity index (χ0n) is 10.7. The zero-order valence-corrected chi connectivity index (χ0v) is 10.7. The Kier molecular flexibility index (Phi) is 6.40. The lowest BCUT2D eigenvalue weighted by molar-refractivity contribution is 0.299. The molecular weight excluding hydrogens is 216 g/mol. The smallest absolute Gasteiger partial charge is 0.171 e. The Hall–Kier alpha value is -1.29. The highest BCUT2D eigenvalue weighted by molar-refractivity contribution is 5.52. The average molecular weight is 238 g/mol. The van der Waals surface area contributed by atoms with Crippen LogP contribution in [0.2, 0.25) is 0 Å². The standard InChI is InChI=1S/C13H22N2O2/c1-3-5-9-15(10-11-16)13-12(17-4-2)7-6-8-14-13/h6-8,16H,3-5,9-11H2,1-2H3. The Bertz CT molecular complexity index is 318. The molecule has 17 heavy (non-hydrogen) atoms. The minimum absolute atomic E-state index is 0.131. The van der Waals surface area contributed by atoms with Gasteiger partial charge < -0.3 is 14.7 Å². The van der Waals surface area contributed by atoms with E-state index in [1.54, 1.807) is 6.20 Å². The van der Waals surface area contributed by atoms with Gasteiger partial charge >= 0.3 is 0 Å².